The number of halogens is 3. The summed E-state index contributed by atoms with van der Waals surface area (Å²) in [4.78, 5) is 10.1. The Morgan fingerprint density at radius 3 is 2.38 bits per heavy atom. The number of carboxylic acids is 1. The second-order valence-electron chi connectivity index (χ2n) is 4.66. The predicted molar refractivity (Wildman–Crippen MR) is 65.5 cm³/mol. The summed E-state index contributed by atoms with van der Waals surface area (Å²) < 4.78 is 65.0. The Bertz CT molecular complexity index is 677. The van der Waals surface area contributed by atoms with Crippen molar-refractivity contribution in [1.29, 1.82) is 0 Å². The molecule has 1 aromatic rings. The SMILES string of the molecule is O=C(O)C1CCCCN1S(=O)(=O)c1cc(F)c(F)cc1F. The van der Waals surface area contributed by atoms with Crippen molar-refractivity contribution in [3.8, 4) is 0 Å². The largest absolute Gasteiger partial charge is 0.480 e. The van der Waals surface area contributed by atoms with Crippen LogP contribution in [0.2, 0.25) is 0 Å². The molecular formula is C12H12F3NO4S. The molecule has 0 amide bonds. The van der Waals surface area contributed by atoms with E-state index in [-0.39, 0.29) is 25.1 Å². The van der Waals surface area contributed by atoms with Crippen LogP contribution in [-0.2, 0) is 14.8 Å². The summed E-state index contributed by atoms with van der Waals surface area (Å²) in [6.07, 6.45) is 1.01. The van der Waals surface area contributed by atoms with Gasteiger partial charge in [-0.05, 0) is 25.3 Å². The number of piperidine rings is 1. The molecule has 1 fully saturated rings. The fraction of sp³-hybridized carbons (Fsp3) is 0.417. The lowest BCUT2D eigenvalue weighted by molar-refractivity contribution is -0.142. The van der Waals surface area contributed by atoms with Crippen molar-refractivity contribution in [2.24, 2.45) is 0 Å². The van der Waals surface area contributed by atoms with E-state index in [4.69, 9.17) is 5.11 Å². The lowest BCUT2D eigenvalue weighted by Crippen LogP contribution is -2.48. The van der Waals surface area contributed by atoms with E-state index in [1.807, 2.05) is 0 Å². The minimum atomic E-state index is -4.56. The molecule has 1 unspecified atom stereocenters. The standard InChI is InChI=1S/C12H12F3NO4S/c13-7-5-9(15)11(6-8(7)14)21(19,20)16-4-2-1-3-10(16)12(17)18/h5-6,10H,1-4H2,(H,17,18). The van der Waals surface area contributed by atoms with E-state index >= 15 is 0 Å². The zero-order chi connectivity index (χ0) is 15.8. The molecule has 1 heterocycles. The van der Waals surface area contributed by atoms with Crippen LogP contribution in [0.25, 0.3) is 0 Å². The van der Waals surface area contributed by atoms with Crippen molar-refractivity contribution in [2.45, 2.75) is 30.2 Å². The van der Waals surface area contributed by atoms with E-state index in [2.05, 4.69) is 0 Å². The molecule has 5 nitrogen and oxygen atoms in total. The van der Waals surface area contributed by atoms with E-state index in [0.29, 0.717) is 17.1 Å². The summed E-state index contributed by atoms with van der Waals surface area (Å²) in [7, 11) is -4.56. The molecule has 0 saturated carbocycles. The second kappa shape index (κ2) is 5.64. The number of aliphatic carboxylic acids is 1. The number of carbonyl (C=O) groups is 1. The van der Waals surface area contributed by atoms with Crippen molar-refractivity contribution >= 4 is 16.0 Å². The summed E-state index contributed by atoms with van der Waals surface area (Å²) in [5, 5.41) is 9.05. The van der Waals surface area contributed by atoms with E-state index in [0.717, 1.165) is 0 Å². The first kappa shape index (κ1) is 15.8. The van der Waals surface area contributed by atoms with Gasteiger partial charge in [-0.1, -0.05) is 0 Å². The third kappa shape index (κ3) is 2.88. The molecule has 21 heavy (non-hydrogen) atoms. The topological polar surface area (TPSA) is 74.7 Å². The van der Waals surface area contributed by atoms with Crippen LogP contribution in [0.15, 0.2) is 17.0 Å². The number of sulfonamides is 1. The molecule has 1 atom stereocenters. The predicted octanol–water partition coefficient (Wildman–Crippen LogP) is 1.73. The smallest absolute Gasteiger partial charge is 0.322 e. The lowest BCUT2D eigenvalue weighted by atomic mass is 10.1. The highest BCUT2D eigenvalue weighted by Crippen LogP contribution is 2.28. The lowest BCUT2D eigenvalue weighted by Gasteiger charge is -2.31. The van der Waals surface area contributed by atoms with Crippen LogP contribution in [-0.4, -0.2) is 36.4 Å². The number of nitrogens with zero attached hydrogens (tertiary/aromatic N) is 1. The molecule has 0 bridgehead atoms. The van der Waals surface area contributed by atoms with Crippen molar-refractivity contribution in [3.05, 3.63) is 29.6 Å². The first-order valence-electron chi connectivity index (χ1n) is 6.14. The van der Waals surface area contributed by atoms with E-state index in [9.17, 15) is 26.4 Å². The summed E-state index contributed by atoms with van der Waals surface area (Å²) in [6, 6.07) is -0.980. The van der Waals surface area contributed by atoms with Gasteiger partial charge in [-0.2, -0.15) is 4.31 Å². The number of carboxylic acid groups (broad SMARTS) is 1. The van der Waals surface area contributed by atoms with Gasteiger partial charge in [0, 0.05) is 12.6 Å². The molecule has 1 aliphatic heterocycles. The molecule has 0 spiro atoms. The van der Waals surface area contributed by atoms with Gasteiger partial charge in [0.2, 0.25) is 10.0 Å². The fourth-order valence-electron chi connectivity index (χ4n) is 2.27. The summed E-state index contributed by atoms with van der Waals surface area (Å²) in [6.45, 7) is -0.113. The van der Waals surface area contributed by atoms with Crippen molar-refractivity contribution in [2.75, 3.05) is 6.54 Å². The zero-order valence-corrected chi connectivity index (χ0v) is 11.5. The summed E-state index contributed by atoms with van der Waals surface area (Å²) in [5.41, 5.74) is 0. The van der Waals surface area contributed by atoms with Gasteiger partial charge in [0.05, 0.1) is 0 Å². The first-order chi connectivity index (χ1) is 9.75. The Morgan fingerprint density at radius 1 is 1.14 bits per heavy atom. The van der Waals surface area contributed by atoms with Crippen molar-refractivity contribution in [3.63, 3.8) is 0 Å². The highest BCUT2D eigenvalue weighted by atomic mass is 32.2. The molecule has 1 N–H and O–H groups in total. The summed E-state index contributed by atoms with van der Waals surface area (Å²) >= 11 is 0. The molecular weight excluding hydrogens is 311 g/mol. The highest BCUT2D eigenvalue weighted by molar-refractivity contribution is 7.89. The van der Waals surface area contributed by atoms with Crippen LogP contribution >= 0.6 is 0 Å². The molecule has 1 saturated heterocycles. The Hall–Kier alpha value is -1.61. The third-order valence-corrected chi connectivity index (χ3v) is 5.22. The molecule has 0 aliphatic carbocycles. The number of rotatable bonds is 3. The first-order valence-corrected chi connectivity index (χ1v) is 7.58. The molecule has 116 valence electrons. The van der Waals surface area contributed by atoms with E-state index < -0.39 is 44.4 Å². The maximum Gasteiger partial charge on any atom is 0.322 e. The van der Waals surface area contributed by atoms with Crippen LogP contribution < -0.4 is 0 Å². The Balaban J connectivity index is 2.50. The fourth-order valence-corrected chi connectivity index (χ4v) is 3.98. The van der Waals surface area contributed by atoms with Crippen LogP contribution in [0.4, 0.5) is 13.2 Å². The third-order valence-electron chi connectivity index (χ3n) is 3.30. The quantitative estimate of drug-likeness (QED) is 0.860. The monoisotopic (exact) mass is 323 g/mol. The van der Waals surface area contributed by atoms with E-state index in [1.54, 1.807) is 0 Å². The van der Waals surface area contributed by atoms with Crippen LogP contribution in [0.1, 0.15) is 19.3 Å². The zero-order valence-electron chi connectivity index (χ0n) is 10.7. The minimum Gasteiger partial charge on any atom is -0.480 e. The number of hydrogen-bond acceptors (Lipinski definition) is 3. The van der Waals surface area contributed by atoms with Gasteiger partial charge in [-0.15, -0.1) is 0 Å². The highest BCUT2D eigenvalue weighted by Gasteiger charge is 2.39. The van der Waals surface area contributed by atoms with E-state index in [1.165, 1.54) is 0 Å². The van der Waals surface area contributed by atoms with Gasteiger partial charge in [-0.25, -0.2) is 21.6 Å². The van der Waals surface area contributed by atoms with Gasteiger partial charge in [0.15, 0.2) is 11.6 Å². The average Bonchev–Trinajstić information content (AvgIpc) is 2.42. The van der Waals surface area contributed by atoms with Gasteiger partial charge in [-0.3, -0.25) is 4.79 Å². The minimum absolute atomic E-state index is 0.0832. The molecule has 1 aromatic carbocycles. The van der Waals surface area contributed by atoms with Crippen molar-refractivity contribution < 1.29 is 31.5 Å². The number of hydrogen-bond donors (Lipinski definition) is 1. The van der Waals surface area contributed by atoms with Gasteiger partial charge >= 0.3 is 5.97 Å². The summed E-state index contributed by atoms with van der Waals surface area (Å²) in [5.74, 6) is -5.84. The van der Waals surface area contributed by atoms with Gasteiger partial charge < -0.3 is 5.11 Å². The van der Waals surface area contributed by atoms with Gasteiger partial charge in [0.1, 0.15) is 16.8 Å². The average molecular weight is 323 g/mol. The Morgan fingerprint density at radius 2 is 1.76 bits per heavy atom. The normalized spacial score (nSPS) is 20.4. The molecule has 2 rings (SSSR count). The molecule has 0 radical (unpaired) electrons. The van der Waals surface area contributed by atoms with Crippen LogP contribution in [0.3, 0.4) is 0 Å². The molecule has 9 heteroatoms. The number of benzene rings is 1. The van der Waals surface area contributed by atoms with Crippen LogP contribution in [0, 0.1) is 17.5 Å². The van der Waals surface area contributed by atoms with Crippen LogP contribution in [0.5, 0.6) is 0 Å². The van der Waals surface area contributed by atoms with Gasteiger partial charge in [0.25, 0.3) is 0 Å². The maximum absolute atomic E-state index is 13.6. The molecule has 0 aromatic heterocycles. The second-order valence-corrected chi connectivity index (χ2v) is 6.52. The Kier molecular flexibility index (Phi) is 4.24. The Labute approximate surface area is 119 Å². The molecule has 1 aliphatic rings. The maximum atomic E-state index is 13.6. The van der Waals surface area contributed by atoms with Crippen molar-refractivity contribution in [1.82, 2.24) is 4.31 Å².